The van der Waals surface area contributed by atoms with Gasteiger partial charge in [-0.25, -0.2) is 0 Å². The highest BCUT2D eigenvalue weighted by Gasteiger charge is 2.19. The second-order valence-corrected chi connectivity index (χ2v) is 7.49. The molecule has 0 spiro atoms. The van der Waals surface area contributed by atoms with Gasteiger partial charge in [0.2, 0.25) is 11.0 Å². The zero-order valence-corrected chi connectivity index (χ0v) is 13.1. The Labute approximate surface area is 126 Å². The fourth-order valence-corrected chi connectivity index (χ4v) is 3.98. The molecule has 0 atom stereocenters. The first-order valence-electron chi connectivity index (χ1n) is 5.77. The number of carbonyl (C=O) groups excluding carboxylic acids is 1. The molecule has 0 saturated heterocycles. The number of hydrogen-bond acceptors (Lipinski definition) is 6. The number of amides is 1. The lowest BCUT2D eigenvalue weighted by Crippen LogP contribution is -2.36. The maximum absolute atomic E-state index is 11.9. The summed E-state index contributed by atoms with van der Waals surface area (Å²) in [7, 11) is 0. The van der Waals surface area contributed by atoms with Crippen molar-refractivity contribution < 1.29 is 4.79 Å². The van der Waals surface area contributed by atoms with E-state index in [4.69, 9.17) is 0 Å². The van der Waals surface area contributed by atoms with E-state index in [-0.39, 0.29) is 5.91 Å². The molecule has 3 rings (SSSR count). The van der Waals surface area contributed by atoms with Crippen LogP contribution >= 0.6 is 38.6 Å². The second-order valence-electron chi connectivity index (χ2n) is 4.24. The monoisotopic (exact) mass is 358 g/mol. The van der Waals surface area contributed by atoms with E-state index < -0.39 is 0 Å². The molecule has 8 heteroatoms. The van der Waals surface area contributed by atoms with Crippen molar-refractivity contribution in [2.75, 3.05) is 18.4 Å². The number of nitrogens with one attached hydrogen (secondary N) is 1. The number of thiophene rings is 1. The summed E-state index contributed by atoms with van der Waals surface area (Å²) in [5.41, 5.74) is 1.35. The van der Waals surface area contributed by atoms with Gasteiger partial charge in [-0.2, -0.15) is 0 Å². The number of nitrogens with zero attached hydrogens (tertiary/aromatic N) is 3. The minimum absolute atomic E-state index is 0.0395. The van der Waals surface area contributed by atoms with Crippen molar-refractivity contribution in [3.05, 3.63) is 25.8 Å². The van der Waals surface area contributed by atoms with E-state index in [1.165, 1.54) is 21.8 Å². The van der Waals surface area contributed by atoms with Crippen LogP contribution in [0.15, 0.2) is 15.4 Å². The first-order chi connectivity index (χ1) is 9.20. The van der Waals surface area contributed by atoms with Crippen molar-refractivity contribution in [2.45, 2.75) is 13.0 Å². The van der Waals surface area contributed by atoms with Crippen LogP contribution in [-0.4, -0.2) is 34.1 Å². The van der Waals surface area contributed by atoms with E-state index >= 15 is 0 Å². The molecule has 0 unspecified atom stereocenters. The molecular weight excluding hydrogens is 348 g/mol. The highest BCUT2D eigenvalue weighted by atomic mass is 79.9. The SMILES string of the molecule is O=C(CN1CCc2sccc2C1)Nc1nnc(Br)s1. The Bertz CT molecular complexity index is 597. The van der Waals surface area contributed by atoms with Gasteiger partial charge >= 0.3 is 0 Å². The van der Waals surface area contributed by atoms with Gasteiger partial charge in [0.15, 0.2) is 3.92 Å². The third-order valence-corrected chi connectivity index (χ3v) is 5.19. The molecule has 1 aliphatic heterocycles. The van der Waals surface area contributed by atoms with E-state index in [1.54, 1.807) is 11.3 Å². The lowest BCUT2D eigenvalue weighted by molar-refractivity contribution is -0.117. The van der Waals surface area contributed by atoms with E-state index in [1.807, 2.05) is 0 Å². The Balaban J connectivity index is 1.56. The average Bonchev–Trinajstić information content (AvgIpc) is 2.97. The first-order valence-corrected chi connectivity index (χ1v) is 8.26. The molecule has 2 aromatic heterocycles. The maximum atomic E-state index is 11.9. The number of hydrogen-bond donors (Lipinski definition) is 1. The standard InChI is InChI=1S/C11H11BrN4OS2/c12-10-14-15-11(19-10)13-9(17)6-16-3-1-8-7(5-16)2-4-18-8/h2,4H,1,3,5-6H2,(H,13,15,17). The van der Waals surface area contributed by atoms with Crippen LogP contribution in [0.1, 0.15) is 10.4 Å². The summed E-state index contributed by atoms with van der Waals surface area (Å²) in [5, 5.41) is 13.1. The van der Waals surface area contributed by atoms with Crippen molar-refractivity contribution >= 4 is 49.6 Å². The maximum Gasteiger partial charge on any atom is 0.240 e. The number of fused-ring (bicyclic) bond motifs is 1. The summed E-state index contributed by atoms with van der Waals surface area (Å²) in [5.74, 6) is -0.0395. The molecule has 0 fully saturated rings. The van der Waals surface area contributed by atoms with Crippen molar-refractivity contribution in [3.63, 3.8) is 0 Å². The van der Waals surface area contributed by atoms with Gasteiger partial charge in [0, 0.05) is 18.0 Å². The first kappa shape index (κ1) is 13.2. The fourth-order valence-electron chi connectivity index (χ4n) is 2.06. The average molecular weight is 359 g/mol. The summed E-state index contributed by atoms with van der Waals surface area (Å²) in [4.78, 5) is 15.5. The molecule has 0 aromatic carbocycles. The molecule has 1 amide bonds. The van der Waals surface area contributed by atoms with Crippen molar-refractivity contribution in [2.24, 2.45) is 0 Å². The van der Waals surface area contributed by atoms with E-state index in [2.05, 4.69) is 47.8 Å². The van der Waals surface area contributed by atoms with E-state index in [0.717, 1.165) is 19.5 Å². The molecule has 0 bridgehead atoms. The zero-order chi connectivity index (χ0) is 13.2. The fraction of sp³-hybridized carbons (Fsp3) is 0.364. The van der Waals surface area contributed by atoms with Crippen molar-refractivity contribution in [1.82, 2.24) is 15.1 Å². The Kier molecular flexibility index (Phi) is 3.92. The van der Waals surface area contributed by atoms with Gasteiger partial charge in [0.1, 0.15) is 0 Å². The van der Waals surface area contributed by atoms with Gasteiger partial charge < -0.3 is 0 Å². The molecule has 5 nitrogen and oxygen atoms in total. The Morgan fingerprint density at radius 1 is 1.53 bits per heavy atom. The van der Waals surface area contributed by atoms with Crippen LogP contribution in [0.4, 0.5) is 5.13 Å². The third-order valence-electron chi connectivity index (χ3n) is 2.90. The van der Waals surface area contributed by atoms with Gasteiger partial charge in [-0.1, -0.05) is 11.3 Å². The molecule has 1 N–H and O–H groups in total. The van der Waals surface area contributed by atoms with Crippen molar-refractivity contribution in [3.8, 4) is 0 Å². The molecule has 100 valence electrons. The number of anilines is 1. The third kappa shape index (κ3) is 3.19. The largest absolute Gasteiger partial charge is 0.299 e. The number of halogens is 1. The molecule has 3 heterocycles. The normalized spacial score (nSPS) is 15.2. The van der Waals surface area contributed by atoms with Gasteiger partial charge in [-0.05, 0) is 39.4 Å². The second kappa shape index (κ2) is 5.66. The number of aromatic nitrogens is 2. The molecule has 0 saturated carbocycles. The van der Waals surface area contributed by atoms with Gasteiger partial charge in [0.25, 0.3) is 0 Å². The molecule has 1 aliphatic rings. The summed E-state index contributed by atoms with van der Waals surface area (Å²) in [6.45, 7) is 2.18. The van der Waals surface area contributed by atoms with Crippen LogP contribution < -0.4 is 5.32 Å². The van der Waals surface area contributed by atoms with Gasteiger partial charge in [0.05, 0.1) is 6.54 Å². The smallest absolute Gasteiger partial charge is 0.240 e. The van der Waals surface area contributed by atoms with Gasteiger partial charge in [-0.3, -0.25) is 15.0 Å². The predicted molar refractivity (Wildman–Crippen MR) is 79.5 cm³/mol. The minimum Gasteiger partial charge on any atom is -0.299 e. The Hall–Kier alpha value is -0.830. The zero-order valence-electron chi connectivity index (χ0n) is 9.93. The highest BCUT2D eigenvalue weighted by molar-refractivity contribution is 9.11. The van der Waals surface area contributed by atoms with Crippen LogP contribution in [0.2, 0.25) is 0 Å². The lowest BCUT2D eigenvalue weighted by Gasteiger charge is -2.25. The number of carbonyl (C=O) groups is 1. The Morgan fingerprint density at radius 3 is 3.21 bits per heavy atom. The predicted octanol–water partition coefficient (Wildman–Crippen LogP) is 2.36. The Morgan fingerprint density at radius 2 is 2.42 bits per heavy atom. The highest BCUT2D eigenvalue weighted by Crippen LogP contribution is 2.24. The topological polar surface area (TPSA) is 58.1 Å². The quantitative estimate of drug-likeness (QED) is 0.914. The molecular formula is C11H11BrN4OS2. The molecule has 2 aromatic rings. The molecule has 0 radical (unpaired) electrons. The minimum atomic E-state index is -0.0395. The van der Waals surface area contributed by atoms with Crippen LogP contribution in [0.3, 0.4) is 0 Å². The summed E-state index contributed by atoms with van der Waals surface area (Å²) >= 11 is 6.33. The van der Waals surface area contributed by atoms with E-state index in [9.17, 15) is 4.79 Å². The summed E-state index contributed by atoms with van der Waals surface area (Å²) in [6, 6.07) is 2.14. The number of rotatable bonds is 3. The summed E-state index contributed by atoms with van der Waals surface area (Å²) < 4.78 is 0.670. The van der Waals surface area contributed by atoms with Crippen LogP contribution in [0.25, 0.3) is 0 Å². The van der Waals surface area contributed by atoms with Crippen LogP contribution in [-0.2, 0) is 17.8 Å². The van der Waals surface area contributed by atoms with Crippen LogP contribution in [0, 0.1) is 0 Å². The summed E-state index contributed by atoms with van der Waals surface area (Å²) in [6.07, 6.45) is 1.03. The lowest BCUT2D eigenvalue weighted by atomic mass is 10.1. The van der Waals surface area contributed by atoms with Crippen molar-refractivity contribution in [1.29, 1.82) is 0 Å². The molecule has 0 aliphatic carbocycles. The van der Waals surface area contributed by atoms with E-state index in [0.29, 0.717) is 15.6 Å². The van der Waals surface area contributed by atoms with Crippen LogP contribution in [0.5, 0.6) is 0 Å². The molecule has 19 heavy (non-hydrogen) atoms. The van der Waals surface area contributed by atoms with Gasteiger partial charge in [-0.15, -0.1) is 21.5 Å².